The van der Waals surface area contributed by atoms with Gasteiger partial charge in [0, 0.05) is 43.2 Å². The van der Waals surface area contributed by atoms with E-state index >= 15 is 0 Å². The van der Waals surface area contributed by atoms with Crippen LogP contribution in [0.1, 0.15) is 47.5 Å². The second-order valence-electron chi connectivity index (χ2n) is 7.51. The van der Waals surface area contributed by atoms with Gasteiger partial charge in [-0.1, -0.05) is 19.3 Å². The van der Waals surface area contributed by atoms with Gasteiger partial charge < -0.3 is 15.1 Å². The largest absolute Gasteiger partial charge is 0.335 e. The molecule has 3 heterocycles. The number of aromatic nitrogens is 1. The van der Waals surface area contributed by atoms with E-state index in [4.69, 9.17) is 0 Å². The van der Waals surface area contributed by atoms with Crippen LogP contribution < -0.4 is 5.32 Å². The summed E-state index contributed by atoms with van der Waals surface area (Å²) in [5, 5.41) is 8.14. The number of hydrogen-bond donors (Lipinski definition) is 1. The van der Waals surface area contributed by atoms with Crippen molar-refractivity contribution in [2.75, 3.05) is 26.2 Å². The quantitative estimate of drug-likeness (QED) is 0.820. The lowest BCUT2D eigenvalue weighted by Crippen LogP contribution is -2.54. The lowest BCUT2D eigenvalue weighted by molar-refractivity contribution is 0.0666. The predicted molar refractivity (Wildman–Crippen MR) is 113 cm³/mol. The van der Waals surface area contributed by atoms with Crippen LogP contribution in [0.5, 0.6) is 0 Å². The Morgan fingerprint density at radius 2 is 1.82 bits per heavy atom. The standard InChI is InChI=1S/C20H26N4O2S2/c1-14-17(28-18(21-14)15-7-12-27-13-15)19(25)23-8-10-24(11-9-23)20(26)22-16-5-3-2-4-6-16/h7,12-13,16H,2-6,8-11H2,1H3,(H,22,26). The summed E-state index contributed by atoms with van der Waals surface area (Å²) in [4.78, 5) is 34.5. The first-order chi connectivity index (χ1) is 13.6. The maximum Gasteiger partial charge on any atom is 0.317 e. The third-order valence-corrected chi connectivity index (χ3v) is 7.42. The molecule has 2 fully saturated rings. The zero-order valence-corrected chi connectivity index (χ0v) is 17.8. The van der Waals surface area contributed by atoms with Crippen LogP contribution in [0.25, 0.3) is 10.6 Å². The van der Waals surface area contributed by atoms with Crippen LogP contribution in [0.3, 0.4) is 0 Å². The van der Waals surface area contributed by atoms with Gasteiger partial charge in [0.15, 0.2) is 0 Å². The van der Waals surface area contributed by atoms with Crippen LogP contribution in [0.2, 0.25) is 0 Å². The molecule has 2 aromatic heterocycles. The van der Waals surface area contributed by atoms with Gasteiger partial charge in [0.25, 0.3) is 5.91 Å². The van der Waals surface area contributed by atoms with E-state index in [0.717, 1.165) is 29.1 Å². The van der Waals surface area contributed by atoms with Crippen LogP contribution in [-0.2, 0) is 0 Å². The molecule has 0 unspecified atom stereocenters. The number of nitrogens with zero attached hydrogens (tertiary/aromatic N) is 3. The van der Waals surface area contributed by atoms with E-state index in [2.05, 4.69) is 15.7 Å². The molecule has 150 valence electrons. The Morgan fingerprint density at radius 3 is 2.50 bits per heavy atom. The molecule has 1 aliphatic heterocycles. The van der Waals surface area contributed by atoms with E-state index in [0.29, 0.717) is 37.1 Å². The Labute approximate surface area is 173 Å². The van der Waals surface area contributed by atoms with E-state index in [1.54, 1.807) is 11.3 Å². The van der Waals surface area contributed by atoms with Crippen molar-refractivity contribution in [1.82, 2.24) is 20.1 Å². The third-order valence-electron chi connectivity index (χ3n) is 5.55. The van der Waals surface area contributed by atoms with Gasteiger partial charge in [-0.15, -0.1) is 11.3 Å². The second kappa shape index (κ2) is 8.61. The fourth-order valence-corrected chi connectivity index (χ4v) is 5.62. The molecular formula is C20H26N4O2S2. The summed E-state index contributed by atoms with van der Waals surface area (Å²) in [6, 6.07) is 2.37. The van der Waals surface area contributed by atoms with Crippen molar-refractivity contribution in [2.24, 2.45) is 0 Å². The fraction of sp³-hybridized carbons (Fsp3) is 0.550. The molecule has 0 aromatic carbocycles. The van der Waals surface area contributed by atoms with Gasteiger partial charge in [-0.3, -0.25) is 4.79 Å². The molecule has 4 rings (SSSR count). The van der Waals surface area contributed by atoms with E-state index in [1.807, 2.05) is 28.2 Å². The predicted octanol–water partition coefficient (Wildman–Crippen LogP) is 3.98. The van der Waals surface area contributed by atoms with Gasteiger partial charge >= 0.3 is 6.03 Å². The first kappa shape index (κ1) is 19.4. The summed E-state index contributed by atoms with van der Waals surface area (Å²) in [7, 11) is 0. The average molecular weight is 419 g/mol. The van der Waals surface area contributed by atoms with Gasteiger partial charge in [-0.2, -0.15) is 11.3 Å². The van der Waals surface area contributed by atoms with E-state index in [9.17, 15) is 9.59 Å². The molecule has 6 nitrogen and oxygen atoms in total. The minimum atomic E-state index is 0.0210. The summed E-state index contributed by atoms with van der Waals surface area (Å²) >= 11 is 3.09. The van der Waals surface area contributed by atoms with Gasteiger partial charge in [0.2, 0.25) is 0 Å². The first-order valence-electron chi connectivity index (χ1n) is 9.96. The van der Waals surface area contributed by atoms with Crippen LogP contribution in [0.15, 0.2) is 16.8 Å². The molecule has 1 saturated carbocycles. The van der Waals surface area contributed by atoms with Crippen molar-refractivity contribution >= 4 is 34.6 Å². The monoisotopic (exact) mass is 418 g/mol. The van der Waals surface area contributed by atoms with Crippen LogP contribution >= 0.6 is 22.7 Å². The molecule has 1 N–H and O–H groups in total. The molecule has 0 atom stereocenters. The lowest BCUT2D eigenvalue weighted by atomic mass is 9.96. The number of thiophene rings is 1. The molecule has 0 spiro atoms. The topological polar surface area (TPSA) is 65.5 Å². The molecule has 0 radical (unpaired) electrons. The highest BCUT2D eigenvalue weighted by Crippen LogP contribution is 2.30. The number of nitrogens with one attached hydrogen (secondary N) is 1. The van der Waals surface area contributed by atoms with Gasteiger partial charge in [-0.25, -0.2) is 9.78 Å². The number of carbonyl (C=O) groups is 2. The van der Waals surface area contributed by atoms with Gasteiger partial charge in [0.1, 0.15) is 9.88 Å². The van der Waals surface area contributed by atoms with Crippen LogP contribution in [-0.4, -0.2) is 58.9 Å². The summed E-state index contributed by atoms with van der Waals surface area (Å²) in [6.07, 6.45) is 5.85. The van der Waals surface area contributed by atoms with Crippen molar-refractivity contribution in [3.63, 3.8) is 0 Å². The maximum absolute atomic E-state index is 13.0. The summed E-state index contributed by atoms with van der Waals surface area (Å²) in [5.41, 5.74) is 1.86. The summed E-state index contributed by atoms with van der Waals surface area (Å²) in [5.74, 6) is 0.0313. The Balaban J connectivity index is 1.33. The van der Waals surface area contributed by atoms with E-state index in [1.165, 1.54) is 30.6 Å². The highest BCUT2D eigenvalue weighted by molar-refractivity contribution is 7.17. The lowest BCUT2D eigenvalue weighted by Gasteiger charge is -2.35. The Hall–Kier alpha value is -1.93. The first-order valence-corrected chi connectivity index (χ1v) is 11.7. The van der Waals surface area contributed by atoms with E-state index < -0.39 is 0 Å². The molecular weight excluding hydrogens is 392 g/mol. The molecule has 1 aliphatic carbocycles. The minimum absolute atomic E-state index is 0.0210. The number of piperazine rings is 1. The normalized spacial score (nSPS) is 18.3. The van der Waals surface area contributed by atoms with Crippen molar-refractivity contribution in [3.8, 4) is 10.6 Å². The van der Waals surface area contributed by atoms with Gasteiger partial charge in [0.05, 0.1) is 5.69 Å². The smallest absolute Gasteiger partial charge is 0.317 e. The SMILES string of the molecule is Cc1nc(-c2ccsc2)sc1C(=O)N1CCN(C(=O)NC2CCCCC2)CC1. The Kier molecular flexibility index (Phi) is 5.96. The van der Waals surface area contributed by atoms with Crippen molar-refractivity contribution in [3.05, 3.63) is 27.4 Å². The van der Waals surface area contributed by atoms with Gasteiger partial charge in [-0.05, 0) is 31.2 Å². The Morgan fingerprint density at radius 1 is 1.11 bits per heavy atom. The number of aryl methyl sites for hydroxylation is 1. The number of urea groups is 1. The third kappa shape index (κ3) is 4.22. The van der Waals surface area contributed by atoms with Crippen molar-refractivity contribution in [2.45, 2.75) is 45.1 Å². The Bertz CT molecular complexity index is 819. The number of carbonyl (C=O) groups excluding carboxylic acids is 2. The maximum atomic E-state index is 13.0. The number of amides is 3. The molecule has 3 amide bonds. The fourth-order valence-electron chi connectivity index (χ4n) is 3.87. The number of thiazole rings is 1. The average Bonchev–Trinajstić information content (AvgIpc) is 3.38. The molecule has 28 heavy (non-hydrogen) atoms. The summed E-state index contributed by atoms with van der Waals surface area (Å²) in [6.45, 7) is 4.20. The zero-order valence-electron chi connectivity index (χ0n) is 16.1. The number of hydrogen-bond acceptors (Lipinski definition) is 5. The number of rotatable bonds is 3. The molecule has 1 saturated heterocycles. The zero-order chi connectivity index (χ0) is 19.5. The van der Waals surface area contributed by atoms with Crippen LogP contribution in [0.4, 0.5) is 4.79 Å². The van der Waals surface area contributed by atoms with Crippen molar-refractivity contribution < 1.29 is 9.59 Å². The molecule has 2 aliphatic rings. The highest BCUT2D eigenvalue weighted by atomic mass is 32.1. The van der Waals surface area contributed by atoms with Crippen LogP contribution in [0, 0.1) is 6.92 Å². The molecule has 2 aromatic rings. The summed E-state index contributed by atoms with van der Waals surface area (Å²) < 4.78 is 0. The molecule has 0 bridgehead atoms. The highest BCUT2D eigenvalue weighted by Gasteiger charge is 2.28. The van der Waals surface area contributed by atoms with Crippen molar-refractivity contribution in [1.29, 1.82) is 0 Å². The minimum Gasteiger partial charge on any atom is -0.335 e. The van der Waals surface area contributed by atoms with E-state index in [-0.39, 0.29) is 11.9 Å². The second-order valence-corrected chi connectivity index (χ2v) is 9.29. The molecule has 8 heteroatoms.